The van der Waals surface area contributed by atoms with E-state index in [0.29, 0.717) is 10.7 Å². The molecule has 0 saturated carbocycles. The number of aromatic nitrogens is 1. The number of aliphatic imine (C=N–C) groups is 1. The molecule has 2 aromatic carbocycles. The Labute approximate surface area is 165 Å². The molecule has 0 radical (unpaired) electrons. The van der Waals surface area contributed by atoms with E-state index in [0.717, 1.165) is 21.8 Å². The van der Waals surface area contributed by atoms with Crippen LogP contribution in [0.2, 0.25) is 5.02 Å². The minimum atomic E-state index is -0.383. The van der Waals surface area contributed by atoms with Crippen molar-refractivity contribution < 1.29 is 9.90 Å². The number of phenolic OH excluding ortho intramolecular Hbond substituents is 1. The molecule has 27 heavy (non-hydrogen) atoms. The number of carbonyl (C=O) groups excluding carboxylic acids is 1. The number of aromatic hydroxyl groups is 1. The fourth-order valence-electron chi connectivity index (χ4n) is 3.22. The quantitative estimate of drug-likeness (QED) is 0.639. The molecule has 3 aromatic rings. The first-order valence-corrected chi connectivity index (χ1v) is 9.63. The van der Waals surface area contributed by atoms with Crippen molar-refractivity contribution in [2.24, 2.45) is 4.99 Å². The average Bonchev–Trinajstić information content (AvgIpc) is 3.11. The van der Waals surface area contributed by atoms with Crippen LogP contribution in [0.4, 0.5) is 4.79 Å². The smallest absolute Gasteiger partial charge is 0.341 e. The summed E-state index contributed by atoms with van der Waals surface area (Å²) in [7, 11) is 0. The van der Waals surface area contributed by atoms with Gasteiger partial charge in [-0.25, -0.2) is 14.8 Å². The molecule has 1 aromatic heterocycles. The summed E-state index contributed by atoms with van der Waals surface area (Å²) in [5.41, 5.74) is 3.34. The molecule has 2 heterocycles. The first-order chi connectivity index (χ1) is 13.0. The van der Waals surface area contributed by atoms with Crippen LogP contribution < -0.4 is 5.32 Å². The SMILES string of the molecule is CC1=NC(=O)NC(c2cccc(O)c2)C1c1nc(-c2ccc(Cl)cc2)cs1. The molecule has 0 aliphatic carbocycles. The number of nitrogens with one attached hydrogen (secondary N) is 1. The molecule has 0 fully saturated rings. The van der Waals surface area contributed by atoms with Crippen molar-refractivity contribution in [2.45, 2.75) is 18.9 Å². The van der Waals surface area contributed by atoms with Gasteiger partial charge in [-0.15, -0.1) is 11.3 Å². The summed E-state index contributed by atoms with van der Waals surface area (Å²) >= 11 is 7.49. The minimum Gasteiger partial charge on any atom is -0.508 e. The third kappa shape index (κ3) is 3.59. The first-order valence-electron chi connectivity index (χ1n) is 8.37. The summed E-state index contributed by atoms with van der Waals surface area (Å²) in [6, 6.07) is 13.7. The lowest BCUT2D eigenvalue weighted by Gasteiger charge is -2.30. The third-order valence-corrected chi connectivity index (χ3v) is 5.68. The van der Waals surface area contributed by atoms with E-state index in [9.17, 15) is 9.90 Å². The Morgan fingerprint density at radius 2 is 1.96 bits per heavy atom. The van der Waals surface area contributed by atoms with Crippen LogP contribution in [0.15, 0.2) is 58.9 Å². The molecular formula is C20H16ClN3O2S. The van der Waals surface area contributed by atoms with Gasteiger partial charge in [0.1, 0.15) is 10.8 Å². The molecule has 136 valence electrons. The molecule has 2 atom stereocenters. The molecular weight excluding hydrogens is 382 g/mol. The van der Waals surface area contributed by atoms with Crippen molar-refractivity contribution in [2.75, 3.05) is 0 Å². The molecule has 7 heteroatoms. The number of halogens is 1. The van der Waals surface area contributed by atoms with Crippen LogP contribution in [0.3, 0.4) is 0 Å². The second-order valence-electron chi connectivity index (χ2n) is 6.33. The lowest BCUT2D eigenvalue weighted by Crippen LogP contribution is -2.38. The molecule has 5 nitrogen and oxygen atoms in total. The Hall–Kier alpha value is -2.70. The number of phenols is 1. The maximum atomic E-state index is 12.0. The molecule has 2 amide bonds. The van der Waals surface area contributed by atoms with Crippen LogP contribution in [0, 0.1) is 0 Å². The van der Waals surface area contributed by atoms with E-state index in [4.69, 9.17) is 16.6 Å². The van der Waals surface area contributed by atoms with Crippen LogP contribution >= 0.6 is 22.9 Å². The van der Waals surface area contributed by atoms with Gasteiger partial charge < -0.3 is 10.4 Å². The van der Waals surface area contributed by atoms with E-state index in [1.165, 1.54) is 11.3 Å². The van der Waals surface area contributed by atoms with Crippen LogP contribution in [-0.4, -0.2) is 21.8 Å². The molecule has 0 bridgehead atoms. The number of urea groups is 1. The molecule has 2 unspecified atom stereocenters. The largest absolute Gasteiger partial charge is 0.508 e. The zero-order valence-electron chi connectivity index (χ0n) is 14.4. The van der Waals surface area contributed by atoms with Gasteiger partial charge in [0.2, 0.25) is 0 Å². The normalized spacial score (nSPS) is 19.5. The first kappa shape index (κ1) is 17.7. The van der Waals surface area contributed by atoms with Gasteiger partial charge >= 0.3 is 6.03 Å². The predicted molar refractivity (Wildman–Crippen MR) is 108 cm³/mol. The summed E-state index contributed by atoms with van der Waals surface area (Å²) in [5, 5.41) is 16.3. The van der Waals surface area contributed by atoms with E-state index in [2.05, 4.69) is 10.3 Å². The highest BCUT2D eigenvalue weighted by molar-refractivity contribution is 7.10. The summed E-state index contributed by atoms with van der Waals surface area (Å²) < 4.78 is 0. The zero-order valence-corrected chi connectivity index (χ0v) is 16.0. The number of carbonyl (C=O) groups is 1. The van der Waals surface area contributed by atoms with Crippen LogP contribution in [-0.2, 0) is 0 Å². The van der Waals surface area contributed by atoms with Crippen molar-refractivity contribution >= 4 is 34.7 Å². The fourth-order valence-corrected chi connectivity index (χ4v) is 4.37. The highest BCUT2D eigenvalue weighted by Gasteiger charge is 2.35. The van der Waals surface area contributed by atoms with E-state index in [1.807, 2.05) is 42.6 Å². The Morgan fingerprint density at radius 1 is 1.19 bits per heavy atom. The van der Waals surface area contributed by atoms with Crippen molar-refractivity contribution in [3.8, 4) is 17.0 Å². The number of hydrogen-bond acceptors (Lipinski definition) is 4. The van der Waals surface area contributed by atoms with Gasteiger partial charge in [-0.2, -0.15) is 0 Å². The fraction of sp³-hybridized carbons (Fsp3) is 0.150. The van der Waals surface area contributed by atoms with Gasteiger partial charge in [-0.05, 0) is 36.8 Å². The Balaban J connectivity index is 1.74. The average molecular weight is 398 g/mol. The highest BCUT2D eigenvalue weighted by Crippen LogP contribution is 2.38. The number of thiazole rings is 1. The van der Waals surface area contributed by atoms with Gasteiger partial charge in [-0.3, -0.25) is 0 Å². The summed E-state index contributed by atoms with van der Waals surface area (Å²) in [5.74, 6) is -0.0443. The van der Waals surface area contributed by atoms with Crippen molar-refractivity contribution in [1.29, 1.82) is 0 Å². The van der Waals surface area contributed by atoms with Gasteiger partial charge in [0.05, 0.1) is 17.7 Å². The zero-order chi connectivity index (χ0) is 19.0. The Kier molecular flexibility index (Phi) is 4.68. The summed E-state index contributed by atoms with van der Waals surface area (Å²) in [4.78, 5) is 20.9. The number of nitrogens with zero attached hydrogens (tertiary/aromatic N) is 2. The molecule has 1 aliphatic rings. The number of benzene rings is 2. The van der Waals surface area contributed by atoms with E-state index < -0.39 is 0 Å². The van der Waals surface area contributed by atoms with Gasteiger partial charge in [0.15, 0.2) is 0 Å². The molecule has 4 rings (SSSR count). The number of rotatable bonds is 3. The maximum Gasteiger partial charge on any atom is 0.341 e. The van der Waals surface area contributed by atoms with Crippen molar-refractivity contribution in [3.63, 3.8) is 0 Å². The van der Waals surface area contributed by atoms with Crippen LogP contribution in [0.1, 0.15) is 29.5 Å². The Morgan fingerprint density at radius 3 is 2.70 bits per heavy atom. The standard InChI is InChI=1S/C20H16ClN3O2S/c1-11-17(18(24-20(26)22-11)13-3-2-4-15(25)9-13)19-23-16(10-27-19)12-5-7-14(21)8-6-12/h2-10,17-18,25H,1H3,(H,24,26). The van der Waals surface area contributed by atoms with E-state index in [-0.39, 0.29) is 23.7 Å². The predicted octanol–water partition coefficient (Wildman–Crippen LogP) is 5.18. The monoisotopic (exact) mass is 397 g/mol. The molecule has 0 spiro atoms. The van der Waals surface area contributed by atoms with Crippen molar-refractivity contribution in [3.05, 3.63) is 69.5 Å². The number of hydrogen-bond donors (Lipinski definition) is 2. The third-order valence-electron chi connectivity index (χ3n) is 4.50. The van der Waals surface area contributed by atoms with Crippen molar-refractivity contribution in [1.82, 2.24) is 10.3 Å². The summed E-state index contributed by atoms with van der Waals surface area (Å²) in [6.07, 6.45) is 0. The second kappa shape index (κ2) is 7.13. The van der Waals surface area contributed by atoms with Gasteiger partial charge in [0.25, 0.3) is 0 Å². The van der Waals surface area contributed by atoms with E-state index in [1.54, 1.807) is 18.2 Å². The maximum absolute atomic E-state index is 12.0. The van der Waals surface area contributed by atoms with E-state index >= 15 is 0 Å². The minimum absolute atomic E-state index is 0.154. The Bertz CT molecular complexity index is 1030. The van der Waals surface area contributed by atoms with Crippen LogP contribution in [0.5, 0.6) is 5.75 Å². The molecule has 1 aliphatic heterocycles. The molecule has 0 saturated heterocycles. The highest BCUT2D eigenvalue weighted by atomic mass is 35.5. The number of amides is 2. The van der Waals surface area contributed by atoms with Gasteiger partial charge in [0, 0.05) is 21.7 Å². The second-order valence-corrected chi connectivity index (χ2v) is 7.66. The van der Waals surface area contributed by atoms with Crippen LogP contribution in [0.25, 0.3) is 11.3 Å². The lowest BCUT2D eigenvalue weighted by molar-refractivity contribution is 0.243. The molecule has 2 N–H and O–H groups in total. The lowest BCUT2D eigenvalue weighted by atomic mass is 9.88. The summed E-state index contributed by atoms with van der Waals surface area (Å²) in [6.45, 7) is 1.84. The van der Waals surface area contributed by atoms with Gasteiger partial charge in [-0.1, -0.05) is 35.9 Å². The topological polar surface area (TPSA) is 74.6 Å².